The number of hydrogen-bond acceptors (Lipinski definition) is 11. The van der Waals surface area contributed by atoms with Gasteiger partial charge in [0.25, 0.3) is 0 Å². The summed E-state index contributed by atoms with van der Waals surface area (Å²) in [7, 11) is -1.73. The molecule has 3 heterocycles. The predicted molar refractivity (Wildman–Crippen MR) is 131 cm³/mol. The Morgan fingerprint density at radius 2 is 2.00 bits per heavy atom. The van der Waals surface area contributed by atoms with Crippen molar-refractivity contribution >= 4 is 27.3 Å². The maximum absolute atomic E-state index is 12.4. The number of nitrogens with zero attached hydrogens (tertiary/aromatic N) is 6. The average Bonchev–Trinajstić information content (AvgIpc) is 3.31. The minimum absolute atomic E-state index is 0.0854. The van der Waals surface area contributed by atoms with Crippen molar-refractivity contribution in [1.82, 2.24) is 30.2 Å². The van der Waals surface area contributed by atoms with Crippen LogP contribution in [0.25, 0.3) is 11.4 Å². The molecule has 2 atom stereocenters. The van der Waals surface area contributed by atoms with E-state index in [1.54, 1.807) is 25.4 Å². The molecule has 0 spiro atoms. The van der Waals surface area contributed by atoms with Gasteiger partial charge in [0.1, 0.15) is 5.82 Å². The van der Waals surface area contributed by atoms with E-state index < -0.39 is 22.0 Å². The zero-order valence-corrected chi connectivity index (χ0v) is 20.1. The summed E-state index contributed by atoms with van der Waals surface area (Å²) in [5.41, 5.74) is 2.25. The first kappa shape index (κ1) is 23.8. The summed E-state index contributed by atoms with van der Waals surface area (Å²) >= 11 is 0. The molecule has 0 saturated carbocycles. The number of tetrazole rings is 1. The lowest BCUT2D eigenvalue weighted by Gasteiger charge is -2.22. The molecule has 4 aromatic rings. The van der Waals surface area contributed by atoms with Crippen LogP contribution in [0.4, 0.5) is 17.5 Å². The molecule has 36 heavy (non-hydrogen) atoms. The molecule has 0 saturated heterocycles. The highest BCUT2D eigenvalue weighted by atomic mass is 32.2. The van der Waals surface area contributed by atoms with Crippen LogP contribution in [-0.2, 0) is 16.9 Å². The van der Waals surface area contributed by atoms with Gasteiger partial charge in [-0.1, -0.05) is 30.3 Å². The van der Waals surface area contributed by atoms with Crippen molar-refractivity contribution in [2.75, 3.05) is 23.0 Å². The van der Waals surface area contributed by atoms with Gasteiger partial charge < -0.3 is 20.8 Å². The summed E-state index contributed by atoms with van der Waals surface area (Å²) in [6.07, 6.45) is 0.831. The van der Waals surface area contributed by atoms with Crippen LogP contribution in [0, 0.1) is 0 Å². The summed E-state index contributed by atoms with van der Waals surface area (Å²) in [5, 5.41) is 38.4. The minimum Gasteiger partial charge on any atom is -0.394 e. The molecule has 186 valence electrons. The number of nitrogens with one attached hydrogen (secondary N) is 2. The van der Waals surface area contributed by atoms with Gasteiger partial charge in [-0.05, 0) is 40.6 Å². The SMILES string of the molecule is Cn1nnnc1-c1cnc(Nc2ccc3c(c2)C(O)CCS3(=O)=O)nc1N[C@H](CO)c1ccccc1. The molecule has 0 amide bonds. The van der Waals surface area contributed by atoms with Gasteiger partial charge in [0.2, 0.25) is 5.95 Å². The number of aliphatic hydroxyl groups is 2. The predicted octanol–water partition coefficient (Wildman–Crippen LogP) is 1.77. The molecule has 1 unspecified atom stereocenters. The molecule has 1 aliphatic rings. The number of anilines is 3. The van der Waals surface area contributed by atoms with Crippen molar-refractivity contribution in [2.45, 2.75) is 23.5 Å². The second-order valence-corrected chi connectivity index (χ2v) is 10.5. The third-order valence-electron chi connectivity index (χ3n) is 5.97. The van der Waals surface area contributed by atoms with Crippen molar-refractivity contribution in [3.05, 3.63) is 65.9 Å². The normalized spacial score (nSPS) is 17.2. The van der Waals surface area contributed by atoms with Crippen molar-refractivity contribution in [3.8, 4) is 11.4 Å². The van der Waals surface area contributed by atoms with Gasteiger partial charge in [-0.3, -0.25) is 0 Å². The minimum atomic E-state index is -3.42. The van der Waals surface area contributed by atoms with Crippen LogP contribution in [-0.4, -0.2) is 61.2 Å². The number of rotatable bonds is 7. The number of benzene rings is 2. The molecular weight excluding hydrogens is 484 g/mol. The second-order valence-electron chi connectivity index (χ2n) is 8.37. The van der Waals surface area contributed by atoms with Gasteiger partial charge >= 0.3 is 0 Å². The van der Waals surface area contributed by atoms with Gasteiger partial charge in [-0.25, -0.2) is 18.1 Å². The molecule has 1 aliphatic heterocycles. The Morgan fingerprint density at radius 3 is 2.72 bits per heavy atom. The lowest BCUT2D eigenvalue weighted by molar-refractivity contribution is 0.168. The van der Waals surface area contributed by atoms with Crippen LogP contribution in [0.2, 0.25) is 0 Å². The van der Waals surface area contributed by atoms with Crippen molar-refractivity contribution in [1.29, 1.82) is 0 Å². The number of fused-ring (bicyclic) bond motifs is 1. The molecule has 4 N–H and O–H groups in total. The maximum atomic E-state index is 12.4. The second kappa shape index (κ2) is 9.60. The molecule has 5 rings (SSSR count). The summed E-state index contributed by atoms with van der Waals surface area (Å²) in [4.78, 5) is 9.12. The van der Waals surface area contributed by atoms with Gasteiger partial charge in [-0.2, -0.15) is 4.98 Å². The van der Waals surface area contributed by atoms with Crippen molar-refractivity contribution in [2.24, 2.45) is 7.05 Å². The molecule has 13 heteroatoms. The summed E-state index contributed by atoms with van der Waals surface area (Å²) < 4.78 is 26.2. The van der Waals surface area contributed by atoms with Crippen LogP contribution >= 0.6 is 0 Å². The quantitative estimate of drug-likeness (QED) is 0.287. The summed E-state index contributed by atoms with van der Waals surface area (Å²) in [6.45, 7) is -0.190. The fourth-order valence-electron chi connectivity index (χ4n) is 4.09. The van der Waals surface area contributed by atoms with Crippen molar-refractivity contribution < 1.29 is 18.6 Å². The molecule has 2 aromatic carbocycles. The number of aromatic nitrogens is 6. The fourth-order valence-corrected chi connectivity index (χ4v) is 5.67. The Balaban J connectivity index is 1.51. The lowest BCUT2D eigenvalue weighted by Crippen LogP contribution is -2.20. The van der Waals surface area contributed by atoms with Gasteiger partial charge in [-0.15, -0.1) is 5.10 Å². The highest BCUT2D eigenvalue weighted by Crippen LogP contribution is 2.35. The van der Waals surface area contributed by atoms with E-state index in [1.165, 1.54) is 10.7 Å². The molecule has 0 aliphatic carbocycles. The fraction of sp³-hybridized carbons (Fsp3) is 0.261. The van der Waals surface area contributed by atoms with Gasteiger partial charge in [0, 0.05) is 24.5 Å². The van der Waals surface area contributed by atoms with Crippen molar-refractivity contribution in [3.63, 3.8) is 0 Å². The van der Waals surface area contributed by atoms with E-state index in [9.17, 15) is 18.6 Å². The van der Waals surface area contributed by atoms with Gasteiger partial charge in [0.05, 0.1) is 35.0 Å². The number of aliphatic hydroxyl groups excluding tert-OH is 2. The largest absolute Gasteiger partial charge is 0.394 e. The monoisotopic (exact) mass is 508 g/mol. The van der Waals surface area contributed by atoms with Crippen LogP contribution in [0.1, 0.15) is 29.7 Å². The Morgan fingerprint density at radius 1 is 1.19 bits per heavy atom. The zero-order chi connectivity index (χ0) is 25.3. The van der Waals surface area contributed by atoms with E-state index in [2.05, 4.69) is 36.1 Å². The first-order chi connectivity index (χ1) is 17.4. The summed E-state index contributed by atoms with van der Waals surface area (Å²) in [6, 6.07) is 13.6. The van der Waals surface area contributed by atoms with E-state index in [0.29, 0.717) is 28.5 Å². The Bertz CT molecular complexity index is 1490. The Hall–Kier alpha value is -3.94. The smallest absolute Gasteiger partial charge is 0.229 e. The van der Waals surface area contributed by atoms with E-state index >= 15 is 0 Å². The third-order valence-corrected chi connectivity index (χ3v) is 7.78. The van der Waals surface area contributed by atoms with Crippen LogP contribution < -0.4 is 10.6 Å². The zero-order valence-electron chi connectivity index (χ0n) is 19.3. The first-order valence-electron chi connectivity index (χ1n) is 11.2. The Kier molecular flexibility index (Phi) is 6.35. The lowest BCUT2D eigenvalue weighted by atomic mass is 10.1. The number of sulfone groups is 1. The molecular formula is C23H24N8O4S. The maximum Gasteiger partial charge on any atom is 0.229 e. The van der Waals surface area contributed by atoms with Crippen LogP contribution in [0.5, 0.6) is 0 Å². The standard InChI is InChI=1S/C23H24N8O4S/c1-31-22(28-29-30-31)17-12-24-23(27-21(17)26-18(13-32)14-5-3-2-4-6-14)25-15-7-8-20-16(11-15)19(33)9-10-36(20,34)35/h2-8,11-12,18-19,32-33H,9-10,13H2,1H3,(H2,24,25,26,27)/t18-,19?/m1/s1. The number of hydrogen-bond donors (Lipinski definition) is 4. The van der Waals surface area contributed by atoms with E-state index in [0.717, 1.165) is 5.56 Å². The topological polar surface area (TPSA) is 168 Å². The highest BCUT2D eigenvalue weighted by molar-refractivity contribution is 7.91. The van der Waals surface area contributed by atoms with E-state index in [4.69, 9.17) is 0 Å². The Labute approximate surface area is 207 Å². The van der Waals surface area contributed by atoms with Crippen LogP contribution in [0.15, 0.2) is 59.6 Å². The van der Waals surface area contributed by atoms with E-state index in [-0.39, 0.29) is 29.6 Å². The van der Waals surface area contributed by atoms with Gasteiger partial charge in [0.15, 0.2) is 15.7 Å². The van der Waals surface area contributed by atoms with E-state index in [1.807, 2.05) is 30.3 Å². The molecule has 12 nitrogen and oxygen atoms in total. The highest BCUT2D eigenvalue weighted by Gasteiger charge is 2.29. The third kappa shape index (κ3) is 4.63. The first-order valence-corrected chi connectivity index (χ1v) is 12.8. The molecule has 0 radical (unpaired) electrons. The molecule has 2 aromatic heterocycles. The van der Waals surface area contributed by atoms with Crippen LogP contribution in [0.3, 0.4) is 0 Å². The molecule has 0 bridgehead atoms. The summed E-state index contributed by atoms with van der Waals surface area (Å²) in [5.74, 6) is 0.941. The number of aryl methyl sites for hydroxylation is 1. The average molecular weight is 509 g/mol. The molecule has 0 fully saturated rings.